The molecule has 0 saturated carbocycles. The van der Waals surface area contributed by atoms with Gasteiger partial charge in [0.25, 0.3) is 5.85 Å². The number of hydrogen-bond acceptors (Lipinski definition) is 11. The van der Waals surface area contributed by atoms with Crippen molar-refractivity contribution in [1.82, 2.24) is 24.6 Å². The fourth-order valence-electron chi connectivity index (χ4n) is 5.22. The van der Waals surface area contributed by atoms with Gasteiger partial charge in [0, 0.05) is 19.5 Å². The molecule has 0 unspecified atom stereocenters. The van der Waals surface area contributed by atoms with E-state index in [0.29, 0.717) is 28.3 Å². The Bertz CT molecular complexity index is 1860. The average Bonchev–Trinajstić information content (AvgIpc) is 3.50. The smallest absolute Gasteiger partial charge is 0.323 e. The van der Waals surface area contributed by atoms with Crippen LogP contribution in [0.3, 0.4) is 0 Å². The number of aromatic nitrogens is 4. The van der Waals surface area contributed by atoms with E-state index in [-0.39, 0.29) is 17.7 Å². The summed E-state index contributed by atoms with van der Waals surface area (Å²) >= 11 is 5.82. The van der Waals surface area contributed by atoms with E-state index in [9.17, 15) is 9.90 Å². The summed E-state index contributed by atoms with van der Waals surface area (Å²) in [5, 5.41) is 15.5. The number of aliphatic hydroxyl groups excluding tert-OH is 1. The summed E-state index contributed by atoms with van der Waals surface area (Å²) in [6, 6.07) is 11.6. The number of carbonyl (C=O) groups is 1. The summed E-state index contributed by atoms with van der Waals surface area (Å²) in [6.07, 6.45) is -2.78. The summed E-state index contributed by atoms with van der Waals surface area (Å²) < 4.78 is 57.5. The number of alkyl halides is 2. The van der Waals surface area contributed by atoms with Crippen molar-refractivity contribution in [1.29, 1.82) is 0 Å². The number of anilines is 1. The lowest BCUT2D eigenvalue weighted by atomic mass is 9.97. The Hall–Kier alpha value is -3.33. The highest BCUT2D eigenvalue weighted by Crippen LogP contribution is 2.53. The van der Waals surface area contributed by atoms with Gasteiger partial charge < -0.3 is 28.5 Å². The Kier molecular flexibility index (Phi) is 9.88. The summed E-state index contributed by atoms with van der Waals surface area (Å²) in [5.74, 6) is -2.59. The monoisotopic (exact) mass is 706 g/mol. The van der Waals surface area contributed by atoms with Crippen molar-refractivity contribution in [2.24, 2.45) is 5.41 Å². The standard InChI is InChI=1S/C32H41F2N6O6PS/c1-19(27(41)43-16-30(3,4)5)38-47(48,46-23-15-11-13-21-12-9-10-14-22(21)23)44-17-32(34)28(42)31(6,33)29(45-32)40-18-35-24-25(39(7)8)36-20(2)37-26(24)40/h9-15,18-19,28-29,42H,16-17H2,1-8H3,(H,38,48)/t19-,28-,29+,31+,32+,47+/m0/s1. The lowest BCUT2D eigenvalue weighted by Crippen LogP contribution is -2.47. The van der Waals surface area contributed by atoms with Gasteiger partial charge in [0.15, 0.2) is 35.0 Å². The van der Waals surface area contributed by atoms with Gasteiger partial charge in [-0.25, -0.2) is 28.8 Å². The molecule has 2 N–H and O–H groups in total. The van der Waals surface area contributed by atoms with E-state index in [1.807, 2.05) is 51.1 Å². The van der Waals surface area contributed by atoms with Crippen molar-refractivity contribution in [2.75, 3.05) is 32.2 Å². The van der Waals surface area contributed by atoms with Gasteiger partial charge in [-0.1, -0.05) is 57.2 Å². The number of rotatable bonds is 11. The number of fused-ring (bicyclic) bond motifs is 2. The molecule has 4 aromatic rings. The van der Waals surface area contributed by atoms with Crippen LogP contribution in [0.1, 0.15) is 46.7 Å². The summed E-state index contributed by atoms with van der Waals surface area (Å²) in [7, 11) is 3.53. The summed E-state index contributed by atoms with van der Waals surface area (Å²) in [6.45, 7) is 5.18. The zero-order valence-electron chi connectivity index (χ0n) is 28.1. The third-order valence-electron chi connectivity index (χ3n) is 7.68. The minimum absolute atomic E-state index is 0.138. The zero-order valence-corrected chi connectivity index (χ0v) is 29.8. The number of aryl methyl sites for hydroxylation is 1. The minimum Gasteiger partial charge on any atom is -0.464 e. The van der Waals surface area contributed by atoms with E-state index in [4.69, 9.17) is 30.3 Å². The van der Waals surface area contributed by atoms with Gasteiger partial charge in [0.05, 0.1) is 12.9 Å². The van der Waals surface area contributed by atoms with Gasteiger partial charge in [-0.05, 0) is 49.4 Å². The van der Waals surface area contributed by atoms with E-state index in [1.54, 1.807) is 38.1 Å². The molecule has 1 aliphatic rings. The first-order valence-corrected chi connectivity index (χ1v) is 18.0. The van der Waals surface area contributed by atoms with E-state index in [2.05, 4.69) is 20.0 Å². The normalized spacial score (nSPS) is 24.8. The molecule has 2 aromatic carbocycles. The van der Waals surface area contributed by atoms with Crippen molar-refractivity contribution in [3.8, 4) is 5.75 Å². The molecular weight excluding hydrogens is 665 g/mol. The molecular formula is C32H41F2N6O6PS. The quantitative estimate of drug-likeness (QED) is 0.150. The van der Waals surface area contributed by atoms with Crippen LogP contribution in [0.4, 0.5) is 14.6 Å². The fraction of sp³-hybridized carbons (Fsp3) is 0.500. The number of imidazole rings is 1. The van der Waals surface area contributed by atoms with Crippen LogP contribution in [-0.4, -0.2) is 81.6 Å². The first kappa shape index (κ1) is 36.0. The predicted octanol–water partition coefficient (Wildman–Crippen LogP) is 5.53. The van der Waals surface area contributed by atoms with Gasteiger partial charge in [-0.3, -0.25) is 9.36 Å². The van der Waals surface area contributed by atoms with Crippen molar-refractivity contribution >= 4 is 52.2 Å². The van der Waals surface area contributed by atoms with Crippen LogP contribution in [0.25, 0.3) is 21.9 Å². The van der Waals surface area contributed by atoms with Crippen molar-refractivity contribution in [3.05, 3.63) is 54.6 Å². The number of carbonyl (C=O) groups excluding carboxylic acids is 1. The Balaban J connectivity index is 1.45. The molecule has 1 aliphatic heterocycles. The number of benzene rings is 2. The van der Waals surface area contributed by atoms with Crippen LogP contribution in [0.5, 0.6) is 5.75 Å². The number of nitrogens with zero attached hydrogens (tertiary/aromatic N) is 5. The Morgan fingerprint density at radius 2 is 1.90 bits per heavy atom. The summed E-state index contributed by atoms with van der Waals surface area (Å²) in [5.41, 5.74) is -2.45. The molecule has 0 spiro atoms. The van der Waals surface area contributed by atoms with E-state index in [1.165, 1.54) is 17.8 Å². The number of halogens is 2. The molecule has 6 atom stereocenters. The largest absolute Gasteiger partial charge is 0.464 e. The second-order valence-corrected chi connectivity index (χ2v) is 16.6. The van der Waals surface area contributed by atoms with Crippen molar-refractivity contribution in [2.45, 2.75) is 71.4 Å². The number of nitrogens with one attached hydrogen (secondary N) is 1. The molecule has 2 aromatic heterocycles. The maximum atomic E-state index is 16.7. The number of aliphatic hydroxyl groups is 1. The molecule has 48 heavy (non-hydrogen) atoms. The Morgan fingerprint density at radius 3 is 2.58 bits per heavy atom. The van der Waals surface area contributed by atoms with Crippen LogP contribution in [-0.2, 0) is 30.6 Å². The van der Waals surface area contributed by atoms with Gasteiger partial charge in [0.1, 0.15) is 24.2 Å². The molecule has 5 rings (SSSR count). The van der Waals surface area contributed by atoms with Gasteiger partial charge in [-0.15, -0.1) is 0 Å². The van der Waals surface area contributed by atoms with E-state index < -0.39 is 49.1 Å². The number of hydrogen-bond donors (Lipinski definition) is 2. The molecule has 1 fully saturated rings. The number of esters is 1. The third kappa shape index (κ3) is 7.31. The average molecular weight is 707 g/mol. The molecule has 12 nitrogen and oxygen atoms in total. The molecule has 0 amide bonds. The van der Waals surface area contributed by atoms with Crippen LogP contribution < -0.4 is 14.5 Å². The zero-order chi connectivity index (χ0) is 35.2. The summed E-state index contributed by atoms with van der Waals surface area (Å²) in [4.78, 5) is 27.8. The first-order chi connectivity index (χ1) is 22.3. The van der Waals surface area contributed by atoms with Crippen LogP contribution >= 0.6 is 6.64 Å². The van der Waals surface area contributed by atoms with Crippen LogP contribution in [0.2, 0.25) is 0 Å². The van der Waals surface area contributed by atoms with Crippen molar-refractivity contribution < 1.29 is 37.2 Å². The lowest BCUT2D eigenvalue weighted by molar-refractivity contribution is -0.202. The highest BCUT2D eigenvalue weighted by Gasteiger charge is 2.65. The molecule has 3 heterocycles. The second-order valence-electron chi connectivity index (χ2n) is 13.5. The van der Waals surface area contributed by atoms with Gasteiger partial charge in [0.2, 0.25) is 0 Å². The maximum Gasteiger partial charge on any atom is 0.323 e. The van der Waals surface area contributed by atoms with Crippen LogP contribution in [0.15, 0.2) is 48.8 Å². The maximum absolute atomic E-state index is 16.7. The van der Waals surface area contributed by atoms with E-state index in [0.717, 1.165) is 12.3 Å². The molecule has 1 saturated heterocycles. The third-order valence-corrected chi connectivity index (χ3v) is 10.1. The molecule has 260 valence electrons. The van der Waals surface area contributed by atoms with E-state index >= 15 is 8.78 Å². The second kappa shape index (κ2) is 13.2. The molecule has 0 bridgehead atoms. The molecule has 16 heteroatoms. The minimum atomic E-state index is -3.84. The Labute approximate surface area is 283 Å². The first-order valence-electron chi connectivity index (χ1n) is 15.3. The number of ether oxygens (including phenoxy) is 2. The van der Waals surface area contributed by atoms with Crippen LogP contribution in [0, 0.1) is 12.3 Å². The van der Waals surface area contributed by atoms with Crippen molar-refractivity contribution in [3.63, 3.8) is 0 Å². The SMILES string of the molecule is Cc1nc(N(C)C)c2ncn([C@@H]3O[C@](F)(CO[P@](=S)(N[C@@H](C)C(=O)OCC(C)(C)C)Oc4cccc5ccccc45)[C@@H](O)[C@@]3(C)F)c2n1. The predicted molar refractivity (Wildman–Crippen MR) is 182 cm³/mol. The molecule has 0 radical (unpaired) electrons. The topological polar surface area (TPSA) is 133 Å². The highest BCUT2D eigenvalue weighted by atomic mass is 32.5. The fourth-order valence-corrected chi connectivity index (χ4v) is 7.62. The Morgan fingerprint density at radius 1 is 1.21 bits per heavy atom. The lowest BCUT2D eigenvalue weighted by Gasteiger charge is -2.30. The van der Waals surface area contributed by atoms with Gasteiger partial charge in [-0.2, -0.15) is 0 Å². The molecule has 0 aliphatic carbocycles. The van der Waals surface area contributed by atoms with Gasteiger partial charge >= 0.3 is 12.6 Å². The highest BCUT2D eigenvalue weighted by molar-refractivity contribution is 8.09.